The Labute approximate surface area is 92.1 Å². The molecule has 1 aromatic rings. The highest BCUT2D eigenvalue weighted by atomic mass is 15.2. The van der Waals surface area contributed by atoms with Crippen LogP contribution in [0.1, 0.15) is 37.3 Å². The zero-order chi connectivity index (χ0) is 10.4. The van der Waals surface area contributed by atoms with Crippen molar-refractivity contribution in [2.24, 2.45) is 0 Å². The summed E-state index contributed by atoms with van der Waals surface area (Å²) >= 11 is 0. The van der Waals surface area contributed by atoms with Gasteiger partial charge in [-0.1, -0.05) is 17.7 Å². The molecule has 1 saturated heterocycles. The average Bonchev–Trinajstić information content (AvgIpc) is 2.60. The lowest BCUT2D eigenvalue weighted by atomic mass is 9.95. The number of anilines is 1. The Morgan fingerprint density at radius 1 is 1.20 bits per heavy atom. The van der Waals surface area contributed by atoms with Crippen LogP contribution in [0.15, 0.2) is 18.2 Å². The second kappa shape index (κ2) is 3.26. The molecule has 2 heterocycles. The fraction of sp³-hybridized carbons (Fsp3) is 0.571. The number of aryl methyl sites for hydroxylation is 2. The van der Waals surface area contributed by atoms with E-state index in [1.165, 1.54) is 36.9 Å². The molecule has 80 valence electrons. The van der Waals surface area contributed by atoms with Gasteiger partial charge < -0.3 is 4.90 Å². The Morgan fingerprint density at radius 3 is 2.93 bits per heavy atom. The molecule has 2 atom stereocenters. The smallest absolute Gasteiger partial charge is 0.0403 e. The fourth-order valence-electron chi connectivity index (χ4n) is 3.28. The van der Waals surface area contributed by atoms with Crippen molar-refractivity contribution in [3.05, 3.63) is 29.3 Å². The third-order valence-corrected chi connectivity index (χ3v) is 4.05. The van der Waals surface area contributed by atoms with Crippen LogP contribution >= 0.6 is 0 Å². The Balaban J connectivity index is 2.06. The van der Waals surface area contributed by atoms with E-state index in [2.05, 4.69) is 36.9 Å². The van der Waals surface area contributed by atoms with Crippen LogP contribution in [0, 0.1) is 6.92 Å². The summed E-state index contributed by atoms with van der Waals surface area (Å²) in [6.45, 7) is 4.56. The molecule has 1 fully saturated rings. The lowest BCUT2D eigenvalue weighted by Gasteiger charge is -2.36. The minimum absolute atomic E-state index is 0.747. The predicted molar refractivity (Wildman–Crippen MR) is 64.5 cm³/mol. The van der Waals surface area contributed by atoms with Gasteiger partial charge in [0.15, 0.2) is 0 Å². The van der Waals surface area contributed by atoms with Crippen LogP contribution in [0.2, 0.25) is 0 Å². The lowest BCUT2D eigenvalue weighted by Crippen LogP contribution is -2.38. The van der Waals surface area contributed by atoms with Crippen molar-refractivity contribution in [2.75, 3.05) is 4.90 Å². The van der Waals surface area contributed by atoms with E-state index >= 15 is 0 Å². The van der Waals surface area contributed by atoms with Crippen LogP contribution in [-0.4, -0.2) is 12.1 Å². The van der Waals surface area contributed by atoms with Gasteiger partial charge in [-0.3, -0.25) is 0 Å². The quantitative estimate of drug-likeness (QED) is 0.622. The highest BCUT2D eigenvalue weighted by molar-refractivity contribution is 5.59. The van der Waals surface area contributed by atoms with Crippen LogP contribution in [0.3, 0.4) is 0 Å². The highest BCUT2D eigenvalue weighted by Gasteiger charge is 2.34. The molecular weight excluding hydrogens is 182 g/mol. The third-order valence-electron chi connectivity index (χ3n) is 4.05. The normalized spacial score (nSPS) is 28.8. The topological polar surface area (TPSA) is 3.24 Å². The molecular formula is C14H19N. The van der Waals surface area contributed by atoms with E-state index in [-0.39, 0.29) is 0 Å². The minimum atomic E-state index is 0.747. The number of rotatable bonds is 0. The largest absolute Gasteiger partial charge is 0.366 e. The van der Waals surface area contributed by atoms with E-state index in [1.54, 1.807) is 5.56 Å². The molecule has 0 amide bonds. The van der Waals surface area contributed by atoms with Gasteiger partial charge in [-0.2, -0.15) is 0 Å². The maximum Gasteiger partial charge on any atom is 0.0403 e. The van der Waals surface area contributed by atoms with Gasteiger partial charge in [-0.15, -0.1) is 0 Å². The number of hydrogen-bond acceptors (Lipinski definition) is 1. The summed E-state index contributed by atoms with van der Waals surface area (Å²) < 4.78 is 0. The molecule has 0 radical (unpaired) electrons. The molecule has 1 heteroatoms. The molecule has 0 N–H and O–H groups in total. The summed E-state index contributed by atoms with van der Waals surface area (Å²) in [6.07, 6.45) is 5.41. The molecule has 1 nitrogen and oxygen atoms in total. The first-order chi connectivity index (χ1) is 7.25. The zero-order valence-electron chi connectivity index (χ0n) is 9.66. The molecule has 0 spiro atoms. The number of fused-ring (bicyclic) bond motifs is 3. The maximum absolute atomic E-state index is 2.66. The Kier molecular flexibility index (Phi) is 2.01. The minimum Gasteiger partial charge on any atom is -0.366 e. The lowest BCUT2D eigenvalue weighted by molar-refractivity contribution is 0.570. The highest BCUT2D eigenvalue weighted by Crippen LogP contribution is 2.39. The van der Waals surface area contributed by atoms with Gasteiger partial charge >= 0.3 is 0 Å². The summed E-state index contributed by atoms with van der Waals surface area (Å²) in [5.74, 6) is 0. The van der Waals surface area contributed by atoms with Gasteiger partial charge in [-0.25, -0.2) is 0 Å². The van der Waals surface area contributed by atoms with Crippen LogP contribution in [0.4, 0.5) is 5.69 Å². The van der Waals surface area contributed by atoms with E-state index < -0.39 is 0 Å². The summed E-state index contributed by atoms with van der Waals surface area (Å²) in [7, 11) is 0. The third kappa shape index (κ3) is 1.37. The van der Waals surface area contributed by atoms with Gasteiger partial charge in [-0.05, 0) is 51.2 Å². The number of benzene rings is 1. The van der Waals surface area contributed by atoms with Crippen molar-refractivity contribution in [1.82, 2.24) is 0 Å². The van der Waals surface area contributed by atoms with Crippen molar-refractivity contribution >= 4 is 5.69 Å². The molecule has 0 unspecified atom stereocenters. The summed E-state index contributed by atoms with van der Waals surface area (Å²) in [4.78, 5) is 2.66. The molecule has 0 saturated carbocycles. The van der Waals surface area contributed by atoms with Crippen LogP contribution in [-0.2, 0) is 6.42 Å². The standard InChI is InChI=1S/C14H19N/c1-10-3-8-14-12(9-10)5-7-13-6-4-11(2)15(13)14/h3,8-9,11,13H,4-7H2,1-2H3/t11-,13-/m1/s1. The van der Waals surface area contributed by atoms with Crippen LogP contribution < -0.4 is 4.90 Å². The van der Waals surface area contributed by atoms with Crippen LogP contribution in [0.25, 0.3) is 0 Å². The van der Waals surface area contributed by atoms with Crippen molar-refractivity contribution in [3.8, 4) is 0 Å². The molecule has 15 heavy (non-hydrogen) atoms. The van der Waals surface area contributed by atoms with E-state index in [4.69, 9.17) is 0 Å². The first-order valence-electron chi connectivity index (χ1n) is 6.13. The molecule has 1 aromatic carbocycles. The van der Waals surface area contributed by atoms with Gasteiger partial charge in [0, 0.05) is 17.8 Å². The molecule has 0 aliphatic carbocycles. The molecule has 2 aliphatic heterocycles. The van der Waals surface area contributed by atoms with Crippen molar-refractivity contribution in [1.29, 1.82) is 0 Å². The summed E-state index contributed by atoms with van der Waals surface area (Å²) in [5.41, 5.74) is 4.49. The summed E-state index contributed by atoms with van der Waals surface area (Å²) in [6, 6.07) is 8.54. The van der Waals surface area contributed by atoms with Gasteiger partial charge in [0.1, 0.15) is 0 Å². The first-order valence-corrected chi connectivity index (χ1v) is 6.13. The van der Waals surface area contributed by atoms with E-state index in [0.29, 0.717) is 0 Å². The summed E-state index contributed by atoms with van der Waals surface area (Å²) in [5, 5.41) is 0. The number of hydrogen-bond donors (Lipinski definition) is 0. The van der Waals surface area contributed by atoms with Gasteiger partial charge in [0.2, 0.25) is 0 Å². The molecule has 0 bridgehead atoms. The molecule has 0 aromatic heterocycles. The van der Waals surface area contributed by atoms with Crippen molar-refractivity contribution in [3.63, 3.8) is 0 Å². The first kappa shape index (κ1) is 9.26. The van der Waals surface area contributed by atoms with Crippen molar-refractivity contribution < 1.29 is 0 Å². The van der Waals surface area contributed by atoms with Crippen molar-refractivity contribution in [2.45, 2.75) is 51.6 Å². The van der Waals surface area contributed by atoms with Gasteiger partial charge in [0.05, 0.1) is 0 Å². The average molecular weight is 201 g/mol. The van der Waals surface area contributed by atoms with E-state index in [9.17, 15) is 0 Å². The Morgan fingerprint density at radius 2 is 2.07 bits per heavy atom. The molecule has 3 rings (SSSR count). The predicted octanol–water partition coefficient (Wildman–Crippen LogP) is 3.30. The molecule has 2 aliphatic rings. The fourth-order valence-corrected chi connectivity index (χ4v) is 3.28. The monoisotopic (exact) mass is 201 g/mol. The van der Waals surface area contributed by atoms with Crippen LogP contribution in [0.5, 0.6) is 0 Å². The number of nitrogens with zero attached hydrogens (tertiary/aromatic N) is 1. The van der Waals surface area contributed by atoms with E-state index in [0.717, 1.165) is 12.1 Å². The Bertz CT molecular complexity index is 383. The zero-order valence-corrected chi connectivity index (χ0v) is 9.66. The maximum atomic E-state index is 2.66. The van der Waals surface area contributed by atoms with E-state index in [1.807, 2.05) is 0 Å². The van der Waals surface area contributed by atoms with Gasteiger partial charge in [0.25, 0.3) is 0 Å². The Hall–Kier alpha value is -0.980. The SMILES string of the molecule is Cc1ccc2c(c1)CC[C@H]1CC[C@@H](C)N21. The second-order valence-corrected chi connectivity index (χ2v) is 5.16. The second-order valence-electron chi connectivity index (χ2n) is 5.16.